The van der Waals surface area contributed by atoms with E-state index in [0.717, 1.165) is 5.56 Å². The number of nitrogens with zero attached hydrogens (tertiary/aromatic N) is 1. The Labute approximate surface area is 130 Å². The average molecular weight is 309 g/mol. The lowest BCUT2D eigenvalue weighted by Crippen LogP contribution is -2.55. The van der Waals surface area contributed by atoms with Gasteiger partial charge in [0.05, 0.1) is 6.04 Å². The second-order valence-corrected chi connectivity index (χ2v) is 6.15. The fraction of sp³-hybridized carbons (Fsp3) is 0.500. The summed E-state index contributed by atoms with van der Waals surface area (Å²) in [5.41, 5.74) is 0.143. The Morgan fingerprint density at radius 1 is 1.43 bits per heavy atom. The van der Waals surface area contributed by atoms with Crippen LogP contribution in [0.5, 0.6) is 0 Å². The quantitative estimate of drug-likeness (QED) is 0.933. The molecule has 2 rings (SSSR count). The van der Waals surface area contributed by atoms with Crippen LogP contribution in [0.2, 0.25) is 5.02 Å². The Morgan fingerprint density at radius 2 is 2.14 bits per heavy atom. The fourth-order valence-electron chi connectivity index (χ4n) is 2.62. The molecule has 1 fully saturated rings. The minimum absolute atomic E-state index is 0.0386. The summed E-state index contributed by atoms with van der Waals surface area (Å²) in [5, 5.41) is 3.49. The molecule has 0 aromatic heterocycles. The van der Waals surface area contributed by atoms with E-state index in [1.54, 1.807) is 11.8 Å². The zero-order chi connectivity index (χ0) is 15.6. The van der Waals surface area contributed by atoms with E-state index in [0.29, 0.717) is 24.4 Å². The third-order valence-corrected chi connectivity index (χ3v) is 4.47. The van der Waals surface area contributed by atoms with Gasteiger partial charge in [0.15, 0.2) is 0 Å². The highest BCUT2D eigenvalue weighted by Crippen LogP contribution is 2.28. The van der Waals surface area contributed by atoms with Gasteiger partial charge in [-0.3, -0.25) is 9.59 Å². The summed E-state index contributed by atoms with van der Waals surface area (Å²) in [6.45, 7) is 6.09. The van der Waals surface area contributed by atoms with Gasteiger partial charge in [-0.25, -0.2) is 0 Å². The minimum atomic E-state index is -0.833. The molecule has 1 heterocycles. The van der Waals surface area contributed by atoms with Crippen LogP contribution >= 0.6 is 11.6 Å². The van der Waals surface area contributed by atoms with Crippen LogP contribution < -0.4 is 5.32 Å². The Bertz CT molecular complexity index is 561. The first-order chi connectivity index (χ1) is 9.87. The SMILES string of the molecule is CCC1(C)NC(=O)CCN(C(C)c2cccc(Cl)c2)C1=O. The molecule has 0 saturated carbocycles. The molecule has 114 valence electrons. The summed E-state index contributed by atoms with van der Waals surface area (Å²) < 4.78 is 0. The number of carbonyl (C=O) groups is 2. The van der Waals surface area contributed by atoms with Gasteiger partial charge in [0, 0.05) is 18.0 Å². The van der Waals surface area contributed by atoms with E-state index in [1.807, 2.05) is 38.1 Å². The highest BCUT2D eigenvalue weighted by atomic mass is 35.5. The van der Waals surface area contributed by atoms with Gasteiger partial charge in [0.1, 0.15) is 5.54 Å². The summed E-state index contributed by atoms with van der Waals surface area (Å²) in [5.74, 6) is -0.114. The molecule has 4 nitrogen and oxygen atoms in total. The molecule has 1 aromatic carbocycles. The van der Waals surface area contributed by atoms with Crippen molar-refractivity contribution < 1.29 is 9.59 Å². The number of amides is 2. The topological polar surface area (TPSA) is 49.4 Å². The molecule has 1 aromatic rings. The second-order valence-electron chi connectivity index (χ2n) is 5.71. The third kappa shape index (κ3) is 3.21. The fourth-order valence-corrected chi connectivity index (χ4v) is 2.82. The van der Waals surface area contributed by atoms with Gasteiger partial charge >= 0.3 is 0 Å². The molecule has 0 bridgehead atoms. The molecule has 21 heavy (non-hydrogen) atoms. The van der Waals surface area contributed by atoms with Crippen LogP contribution in [0.15, 0.2) is 24.3 Å². The average Bonchev–Trinajstić information content (AvgIpc) is 2.56. The van der Waals surface area contributed by atoms with Gasteiger partial charge in [-0.2, -0.15) is 0 Å². The van der Waals surface area contributed by atoms with Crippen molar-refractivity contribution >= 4 is 23.4 Å². The molecule has 2 unspecified atom stereocenters. The monoisotopic (exact) mass is 308 g/mol. The van der Waals surface area contributed by atoms with Gasteiger partial charge in [-0.1, -0.05) is 30.7 Å². The van der Waals surface area contributed by atoms with Crippen molar-refractivity contribution in [3.8, 4) is 0 Å². The van der Waals surface area contributed by atoms with Crippen molar-refractivity contribution in [2.45, 2.75) is 45.2 Å². The van der Waals surface area contributed by atoms with Crippen LogP contribution in [0.3, 0.4) is 0 Å². The summed E-state index contributed by atoms with van der Waals surface area (Å²) in [7, 11) is 0. The normalized spacial score (nSPS) is 24.5. The number of halogens is 1. The predicted molar refractivity (Wildman–Crippen MR) is 83.0 cm³/mol. The molecule has 0 aliphatic carbocycles. The lowest BCUT2D eigenvalue weighted by atomic mass is 9.95. The first kappa shape index (κ1) is 15.8. The van der Waals surface area contributed by atoms with E-state index in [1.165, 1.54) is 0 Å². The van der Waals surface area contributed by atoms with Crippen LogP contribution in [0, 0.1) is 0 Å². The standard InChI is InChI=1S/C16H21ClN2O2/c1-4-16(3)15(21)19(9-8-14(20)18-16)11(2)12-6-5-7-13(17)10-12/h5-7,10-11H,4,8-9H2,1-3H3,(H,18,20). The molecular formula is C16H21ClN2O2. The molecule has 1 saturated heterocycles. The van der Waals surface area contributed by atoms with Gasteiger partial charge in [-0.15, -0.1) is 0 Å². The van der Waals surface area contributed by atoms with Crippen LogP contribution in [0.1, 0.15) is 45.2 Å². The van der Waals surface area contributed by atoms with Crippen molar-refractivity contribution in [1.82, 2.24) is 10.2 Å². The maximum absolute atomic E-state index is 12.8. The highest BCUT2D eigenvalue weighted by molar-refractivity contribution is 6.30. The zero-order valence-electron chi connectivity index (χ0n) is 12.6. The lowest BCUT2D eigenvalue weighted by molar-refractivity contribution is -0.140. The molecule has 0 spiro atoms. The second kappa shape index (κ2) is 6.06. The van der Waals surface area contributed by atoms with Crippen LogP contribution in [0.25, 0.3) is 0 Å². The number of carbonyl (C=O) groups excluding carboxylic acids is 2. The van der Waals surface area contributed by atoms with Crippen molar-refractivity contribution in [3.63, 3.8) is 0 Å². The van der Waals surface area contributed by atoms with Crippen LogP contribution in [-0.2, 0) is 9.59 Å². The van der Waals surface area contributed by atoms with Gasteiger partial charge in [0.25, 0.3) is 0 Å². The number of nitrogens with one attached hydrogen (secondary N) is 1. The number of hydrogen-bond donors (Lipinski definition) is 1. The number of rotatable bonds is 3. The van der Waals surface area contributed by atoms with Crippen molar-refractivity contribution in [3.05, 3.63) is 34.9 Å². The molecule has 2 amide bonds. The van der Waals surface area contributed by atoms with Gasteiger partial charge < -0.3 is 10.2 Å². The molecular weight excluding hydrogens is 288 g/mol. The summed E-state index contributed by atoms with van der Waals surface area (Å²) in [6, 6.07) is 7.38. The predicted octanol–water partition coefficient (Wildman–Crippen LogP) is 2.92. The number of hydrogen-bond acceptors (Lipinski definition) is 2. The Kier molecular flexibility index (Phi) is 4.57. The van der Waals surface area contributed by atoms with E-state index in [4.69, 9.17) is 11.6 Å². The van der Waals surface area contributed by atoms with Crippen LogP contribution in [0.4, 0.5) is 0 Å². The van der Waals surface area contributed by atoms with Crippen molar-refractivity contribution in [2.24, 2.45) is 0 Å². The summed E-state index contributed by atoms with van der Waals surface area (Å²) >= 11 is 6.03. The lowest BCUT2D eigenvalue weighted by Gasteiger charge is -2.35. The maximum Gasteiger partial charge on any atom is 0.248 e. The maximum atomic E-state index is 12.8. The van der Waals surface area contributed by atoms with Crippen molar-refractivity contribution in [1.29, 1.82) is 0 Å². The van der Waals surface area contributed by atoms with Crippen molar-refractivity contribution in [2.75, 3.05) is 6.54 Å². The largest absolute Gasteiger partial charge is 0.342 e. The highest BCUT2D eigenvalue weighted by Gasteiger charge is 2.40. The minimum Gasteiger partial charge on any atom is -0.342 e. The Balaban J connectivity index is 2.32. The van der Waals surface area contributed by atoms with E-state index in [9.17, 15) is 9.59 Å². The molecule has 1 N–H and O–H groups in total. The molecule has 0 radical (unpaired) electrons. The van der Waals surface area contributed by atoms with Gasteiger partial charge in [-0.05, 0) is 38.0 Å². The van der Waals surface area contributed by atoms with E-state index >= 15 is 0 Å². The first-order valence-electron chi connectivity index (χ1n) is 7.25. The Hall–Kier alpha value is -1.55. The Morgan fingerprint density at radius 3 is 2.76 bits per heavy atom. The molecule has 1 aliphatic rings. The summed E-state index contributed by atoms with van der Waals surface area (Å²) in [4.78, 5) is 26.4. The van der Waals surface area contributed by atoms with Gasteiger partial charge in [0.2, 0.25) is 11.8 Å². The zero-order valence-corrected chi connectivity index (χ0v) is 13.4. The van der Waals surface area contributed by atoms with Crippen LogP contribution in [-0.4, -0.2) is 28.8 Å². The summed E-state index contributed by atoms with van der Waals surface area (Å²) in [6.07, 6.45) is 0.891. The van der Waals surface area contributed by atoms with E-state index in [2.05, 4.69) is 5.32 Å². The smallest absolute Gasteiger partial charge is 0.248 e. The third-order valence-electron chi connectivity index (χ3n) is 4.23. The van der Waals surface area contributed by atoms with E-state index < -0.39 is 5.54 Å². The first-order valence-corrected chi connectivity index (χ1v) is 7.62. The number of benzene rings is 1. The molecule has 1 aliphatic heterocycles. The molecule has 5 heteroatoms. The molecule has 2 atom stereocenters. The van der Waals surface area contributed by atoms with E-state index in [-0.39, 0.29) is 17.9 Å².